The van der Waals surface area contributed by atoms with E-state index < -0.39 is 0 Å². The highest BCUT2D eigenvalue weighted by Gasteiger charge is 2.36. The van der Waals surface area contributed by atoms with Crippen LogP contribution in [0, 0.1) is 6.92 Å². The lowest BCUT2D eigenvalue weighted by Gasteiger charge is -2.22. The molecule has 0 saturated heterocycles. The Hall–Kier alpha value is -6.96. The van der Waals surface area contributed by atoms with E-state index in [1.807, 2.05) is 13.0 Å². The van der Waals surface area contributed by atoms with Crippen LogP contribution in [-0.4, -0.2) is 0 Å². The number of allylic oxidation sites excluding steroid dienone is 1. The topological polar surface area (TPSA) is 13.1 Å². The van der Waals surface area contributed by atoms with Crippen LogP contribution >= 0.6 is 0 Å². The molecule has 0 atom stereocenters. The zero-order chi connectivity index (χ0) is 41.1. The Morgan fingerprint density at radius 3 is 1.65 bits per heavy atom. The predicted molar refractivity (Wildman–Crippen MR) is 259 cm³/mol. The van der Waals surface area contributed by atoms with Gasteiger partial charge in [-0.3, -0.25) is 0 Å². The maximum Gasteiger partial charge on any atom is 0.135 e. The lowest BCUT2D eigenvalue weighted by Crippen LogP contribution is -2.27. The first-order chi connectivity index (χ1) is 29.3. The summed E-state index contributed by atoms with van der Waals surface area (Å²) >= 11 is 0. The Morgan fingerprint density at radius 1 is 0.450 bits per heavy atom. The standard InChI is InChI=1S/C59H48O/c1-7-16-56-37(4)58-51-36-55-53(35-46(51)28-30-57(58)60-56)52-34-43(27-29-54(52)59(55,5)6)41-22-23-42-33-45(26-24-40(42)31-41)50-20-13-11-10-12-19-49(47(8-2)48(50)9-3)44-25-21-38-17-14-15-18-39(38)32-44/h7-36H,1-6H3/b12-10?,13-11?,16-7-,47-8+,48-9+,49-19?,50-20?. The van der Waals surface area contributed by atoms with Gasteiger partial charge in [0.05, 0.1) is 0 Å². The lowest BCUT2D eigenvalue weighted by molar-refractivity contribution is 0.601. The molecule has 0 spiro atoms. The molecule has 1 heteroatoms. The number of hydrogen-bond acceptors (Lipinski definition) is 1. The first-order valence-corrected chi connectivity index (χ1v) is 21.2. The number of furan rings is 1. The summed E-state index contributed by atoms with van der Waals surface area (Å²) in [4.78, 5) is 0. The molecule has 290 valence electrons. The predicted octanol–water partition coefficient (Wildman–Crippen LogP) is 15.3. The second kappa shape index (κ2) is 14.7. The molecule has 9 aromatic rings. The van der Waals surface area contributed by atoms with Gasteiger partial charge in [-0.25, -0.2) is 0 Å². The molecule has 1 heterocycles. The van der Waals surface area contributed by atoms with Gasteiger partial charge in [0.2, 0.25) is 0 Å². The summed E-state index contributed by atoms with van der Waals surface area (Å²) in [6, 6.07) is 58.6. The van der Waals surface area contributed by atoms with Gasteiger partial charge in [0.15, 0.2) is 0 Å². The van der Waals surface area contributed by atoms with E-state index in [-0.39, 0.29) is 5.41 Å². The van der Waals surface area contributed by atoms with Crippen LogP contribution in [0.15, 0.2) is 168 Å². The van der Waals surface area contributed by atoms with Gasteiger partial charge in [0, 0.05) is 16.4 Å². The molecule has 8 aromatic carbocycles. The second-order valence-corrected chi connectivity index (χ2v) is 16.7. The highest BCUT2D eigenvalue weighted by Crippen LogP contribution is 2.51. The van der Waals surface area contributed by atoms with E-state index in [9.17, 15) is 0 Å². The molecule has 0 aliphatic heterocycles. The first-order valence-electron chi connectivity index (χ1n) is 21.2. The maximum absolute atomic E-state index is 6.28. The summed E-state index contributed by atoms with van der Waals surface area (Å²) in [6.45, 7) is 13.3. The van der Waals surface area contributed by atoms with Crippen LogP contribution in [0.25, 0.3) is 106 Å². The van der Waals surface area contributed by atoms with Crippen molar-refractivity contribution >= 4 is 61.5 Å². The van der Waals surface area contributed by atoms with Gasteiger partial charge in [-0.05, 0) is 175 Å². The van der Waals surface area contributed by atoms with E-state index in [0.717, 1.165) is 11.3 Å². The van der Waals surface area contributed by atoms with Crippen molar-refractivity contribution in [3.8, 4) is 44.5 Å². The molecule has 1 aliphatic carbocycles. The maximum atomic E-state index is 6.28. The van der Waals surface area contributed by atoms with Crippen LogP contribution in [0.1, 0.15) is 57.1 Å². The first kappa shape index (κ1) is 37.3. The zero-order valence-corrected chi connectivity index (χ0v) is 35.2. The van der Waals surface area contributed by atoms with Crippen LogP contribution < -0.4 is 10.4 Å². The third kappa shape index (κ3) is 6.08. The van der Waals surface area contributed by atoms with Crippen LogP contribution in [-0.2, 0) is 5.41 Å². The molecule has 0 bridgehead atoms. The van der Waals surface area contributed by atoms with E-state index in [1.54, 1.807) is 0 Å². The molecule has 0 unspecified atom stereocenters. The summed E-state index contributed by atoms with van der Waals surface area (Å²) < 4.78 is 6.28. The summed E-state index contributed by atoms with van der Waals surface area (Å²) in [7, 11) is 0. The molecule has 0 saturated carbocycles. The third-order valence-corrected chi connectivity index (χ3v) is 12.9. The van der Waals surface area contributed by atoms with E-state index in [2.05, 4.69) is 211 Å². The Bertz CT molecular complexity index is 3440. The summed E-state index contributed by atoms with van der Waals surface area (Å²) in [6.07, 6.45) is 8.63. The van der Waals surface area contributed by atoms with E-state index >= 15 is 0 Å². The molecule has 0 amide bonds. The van der Waals surface area contributed by atoms with Gasteiger partial charge in [0.25, 0.3) is 0 Å². The molecule has 1 aliphatic rings. The van der Waals surface area contributed by atoms with Crippen molar-refractivity contribution < 1.29 is 4.42 Å². The number of benzene rings is 7. The van der Waals surface area contributed by atoms with Crippen molar-refractivity contribution in [1.29, 1.82) is 0 Å². The molecule has 60 heavy (non-hydrogen) atoms. The van der Waals surface area contributed by atoms with Crippen molar-refractivity contribution in [2.45, 2.75) is 47.0 Å². The van der Waals surface area contributed by atoms with E-state index in [0.29, 0.717) is 0 Å². The van der Waals surface area contributed by atoms with Crippen molar-refractivity contribution in [3.05, 3.63) is 197 Å². The molecule has 1 aromatic heterocycles. The Balaban J connectivity index is 1.06. The molecule has 1 nitrogen and oxygen atoms in total. The average Bonchev–Trinajstić information content (AvgIpc) is 3.71. The Kier molecular flexibility index (Phi) is 9.14. The molecular weight excluding hydrogens is 725 g/mol. The van der Waals surface area contributed by atoms with Gasteiger partial charge >= 0.3 is 0 Å². The van der Waals surface area contributed by atoms with Gasteiger partial charge in [-0.2, -0.15) is 0 Å². The normalized spacial score (nSPS) is 13.8. The smallest absolute Gasteiger partial charge is 0.135 e. The van der Waals surface area contributed by atoms with E-state index in [4.69, 9.17) is 4.42 Å². The summed E-state index contributed by atoms with van der Waals surface area (Å²) in [5.74, 6) is 0.936. The number of fused-ring (bicyclic) bond motifs is 8. The van der Waals surface area contributed by atoms with Crippen molar-refractivity contribution in [3.63, 3.8) is 0 Å². The number of rotatable bonds is 4. The van der Waals surface area contributed by atoms with Gasteiger partial charge in [-0.15, -0.1) is 0 Å². The summed E-state index contributed by atoms with van der Waals surface area (Å²) in [5, 5.41) is 11.1. The highest BCUT2D eigenvalue weighted by atomic mass is 16.3. The summed E-state index contributed by atoms with van der Waals surface area (Å²) in [5.41, 5.74) is 14.7. The van der Waals surface area contributed by atoms with Gasteiger partial charge in [-0.1, -0.05) is 147 Å². The van der Waals surface area contributed by atoms with Crippen molar-refractivity contribution in [2.24, 2.45) is 0 Å². The fraction of sp³-hybridized carbons (Fsp3) is 0.119. The van der Waals surface area contributed by atoms with Crippen LogP contribution in [0.2, 0.25) is 0 Å². The zero-order valence-electron chi connectivity index (χ0n) is 35.2. The minimum atomic E-state index is -0.122. The molecule has 0 radical (unpaired) electrons. The fourth-order valence-electron chi connectivity index (χ4n) is 9.81. The molecule has 0 N–H and O–H groups in total. The van der Waals surface area contributed by atoms with E-state index in [1.165, 1.54) is 109 Å². The number of aryl methyl sites for hydroxylation is 1. The lowest BCUT2D eigenvalue weighted by atomic mass is 9.81. The second-order valence-electron chi connectivity index (χ2n) is 16.7. The highest BCUT2D eigenvalue weighted by molar-refractivity contribution is 6.10. The Labute approximate surface area is 352 Å². The third-order valence-electron chi connectivity index (χ3n) is 12.9. The minimum Gasteiger partial charge on any atom is -0.456 e. The fourth-order valence-corrected chi connectivity index (χ4v) is 9.81. The Morgan fingerprint density at radius 2 is 0.983 bits per heavy atom. The molecule has 10 rings (SSSR count). The van der Waals surface area contributed by atoms with Crippen LogP contribution in [0.3, 0.4) is 0 Å². The van der Waals surface area contributed by atoms with Gasteiger partial charge < -0.3 is 4.42 Å². The quantitative estimate of drug-likeness (QED) is 0.174. The van der Waals surface area contributed by atoms with Crippen molar-refractivity contribution in [1.82, 2.24) is 0 Å². The SMILES string of the molecule is C/C=C\c1oc2ccc3cc4c(cc3c2c1C)C(C)(C)c1ccc(-c2ccc3cc(-c5ccccccc(-c6ccc7ccccc7c6)c(=C/C)/c5=C\C)ccc3c2)cc1-4. The van der Waals surface area contributed by atoms with Crippen LogP contribution in [0.4, 0.5) is 0 Å². The largest absolute Gasteiger partial charge is 0.456 e. The van der Waals surface area contributed by atoms with Gasteiger partial charge in [0.1, 0.15) is 11.3 Å². The number of hydrogen-bond donors (Lipinski definition) is 0. The van der Waals surface area contributed by atoms with Crippen LogP contribution in [0.5, 0.6) is 0 Å². The minimum absolute atomic E-state index is 0.122. The average molecular weight is 773 g/mol. The molecular formula is C59H48O. The molecule has 0 fully saturated rings. The van der Waals surface area contributed by atoms with Crippen molar-refractivity contribution in [2.75, 3.05) is 0 Å². The monoisotopic (exact) mass is 772 g/mol.